The van der Waals surface area contributed by atoms with Crippen molar-refractivity contribution in [3.05, 3.63) is 21.5 Å². The molecule has 1 aliphatic heterocycles. The van der Waals surface area contributed by atoms with Gasteiger partial charge < -0.3 is 10.0 Å². The lowest BCUT2D eigenvalue weighted by atomic mass is 10.1. The van der Waals surface area contributed by atoms with Crippen LogP contribution in [0.1, 0.15) is 49.3 Å². The summed E-state index contributed by atoms with van der Waals surface area (Å²) in [6.07, 6.45) is 1.98. The molecule has 2 heterocycles. The minimum Gasteiger partial charge on any atom is -0.480 e. The van der Waals surface area contributed by atoms with Gasteiger partial charge in [-0.2, -0.15) is 5.10 Å². The molecule has 1 aromatic rings. The highest BCUT2D eigenvalue weighted by molar-refractivity contribution is 5.99. The number of hydrogen-bond acceptors (Lipinski definition) is 5. The fraction of sp³-hybridized carbons (Fsp3) is 0.643. The molecular formula is C14H20N4O5. The van der Waals surface area contributed by atoms with Gasteiger partial charge in [0.1, 0.15) is 11.7 Å². The van der Waals surface area contributed by atoms with Crippen molar-refractivity contribution in [1.82, 2.24) is 14.7 Å². The normalized spacial score (nSPS) is 17.5. The van der Waals surface area contributed by atoms with Gasteiger partial charge in [-0.25, -0.2) is 4.79 Å². The van der Waals surface area contributed by atoms with Gasteiger partial charge in [0, 0.05) is 13.1 Å². The smallest absolute Gasteiger partial charge is 0.326 e. The van der Waals surface area contributed by atoms with E-state index in [1.165, 1.54) is 9.58 Å². The van der Waals surface area contributed by atoms with Crippen LogP contribution in [0, 0.1) is 10.1 Å². The lowest BCUT2D eigenvalue weighted by molar-refractivity contribution is -0.386. The van der Waals surface area contributed by atoms with Gasteiger partial charge in [0.2, 0.25) is 5.69 Å². The molecule has 0 aromatic carbocycles. The molecule has 2 rings (SSSR count). The first kappa shape index (κ1) is 16.9. The van der Waals surface area contributed by atoms with Crippen LogP contribution in [0.25, 0.3) is 0 Å². The van der Waals surface area contributed by atoms with Crippen molar-refractivity contribution >= 4 is 17.6 Å². The molecular weight excluding hydrogens is 304 g/mol. The monoisotopic (exact) mass is 324 g/mol. The average molecular weight is 324 g/mol. The van der Waals surface area contributed by atoms with Crippen LogP contribution in [0.4, 0.5) is 5.69 Å². The Morgan fingerprint density at radius 3 is 2.65 bits per heavy atom. The van der Waals surface area contributed by atoms with Crippen molar-refractivity contribution in [2.75, 3.05) is 6.54 Å². The Labute approximate surface area is 133 Å². The highest BCUT2D eigenvalue weighted by atomic mass is 16.6. The quantitative estimate of drug-likeness (QED) is 0.625. The molecule has 1 N–H and O–H groups in total. The standard InChI is InChI=1S/C14H20N4O5/c1-3-6-9-11(18(22)23)12(17(4-2)15-9)13(19)16-8-5-7-10(16)14(20)21/h10H,3-8H2,1-2H3,(H,20,21)/t10-/m0/s1. The maximum Gasteiger partial charge on any atom is 0.326 e. The predicted molar refractivity (Wildman–Crippen MR) is 80.2 cm³/mol. The maximum absolute atomic E-state index is 12.8. The van der Waals surface area contributed by atoms with E-state index in [0.29, 0.717) is 32.2 Å². The van der Waals surface area contributed by atoms with Crippen LogP contribution in [-0.4, -0.2) is 49.2 Å². The molecule has 0 aliphatic carbocycles. The van der Waals surface area contributed by atoms with E-state index < -0.39 is 22.8 Å². The van der Waals surface area contributed by atoms with Crippen LogP contribution in [0.3, 0.4) is 0 Å². The van der Waals surface area contributed by atoms with E-state index in [4.69, 9.17) is 0 Å². The average Bonchev–Trinajstić information content (AvgIpc) is 3.11. The van der Waals surface area contributed by atoms with Crippen molar-refractivity contribution in [2.24, 2.45) is 0 Å². The lowest BCUT2D eigenvalue weighted by Crippen LogP contribution is -2.41. The highest BCUT2D eigenvalue weighted by Crippen LogP contribution is 2.29. The summed E-state index contributed by atoms with van der Waals surface area (Å²) in [5.41, 5.74) is -0.141. The van der Waals surface area contributed by atoms with Crippen molar-refractivity contribution in [2.45, 2.75) is 52.1 Å². The lowest BCUT2D eigenvalue weighted by Gasteiger charge is -2.21. The van der Waals surface area contributed by atoms with E-state index in [-0.39, 0.29) is 23.6 Å². The van der Waals surface area contributed by atoms with E-state index in [1.807, 2.05) is 6.92 Å². The van der Waals surface area contributed by atoms with E-state index in [2.05, 4.69) is 5.10 Å². The molecule has 0 spiro atoms. The molecule has 1 atom stereocenters. The van der Waals surface area contributed by atoms with Crippen LogP contribution in [-0.2, 0) is 17.8 Å². The van der Waals surface area contributed by atoms with Gasteiger partial charge in [0.25, 0.3) is 5.91 Å². The summed E-state index contributed by atoms with van der Waals surface area (Å²) in [4.78, 5) is 36.1. The minimum absolute atomic E-state index is 0.117. The number of carboxylic acids is 1. The summed E-state index contributed by atoms with van der Waals surface area (Å²) in [7, 11) is 0. The van der Waals surface area contributed by atoms with Gasteiger partial charge in [0.15, 0.2) is 0 Å². The number of aryl methyl sites for hydroxylation is 2. The molecule has 126 valence electrons. The number of aromatic nitrogens is 2. The zero-order valence-electron chi connectivity index (χ0n) is 13.2. The molecule has 23 heavy (non-hydrogen) atoms. The molecule has 1 amide bonds. The maximum atomic E-state index is 12.8. The Kier molecular flexibility index (Phi) is 4.97. The molecule has 1 fully saturated rings. The number of aliphatic carboxylic acids is 1. The summed E-state index contributed by atoms with van der Waals surface area (Å²) in [6, 6.07) is -0.933. The van der Waals surface area contributed by atoms with Crippen LogP contribution in [0.5, 0.6) is 0 Å². The van der Waals surface area contributed by atoms with Gasteiger partial charge in [-0.1, -0.05) is 13.3 Å². The first-order valence-corrected chi connectivity index (χ1v) is 7.70. The van der Waals surface area contributed by atoms with E-state index in [0.717, 1.165) is 0 Å². The van der Waals surface area contributed by atoms with Crippen LogP contribution in [0.15, 0.2) is 0 Å². The molecule has 1 aliphatic rings. The second-order valence-corrected chi connectivity index (χ2v) is 5.46. The molecule has 0 bridgehead atoms. The minimum atomic E-state index is -1.09. The first-order chi connectivity index (χ1) is 10.9. The zero-order valence-corrected chi connectivity index (χ0v) is 13.2. The number of carbonyl (C=O) groups excluding carboxylic acids is 1. The largest absolute Gasteiger partial charge is 0.480 e. The van der Waals surface area contributed by atoms with E-state index in [1.54, 1.807) is 6.92 Å². The van der Waals surface area contributed by atoms with Gasteiger partial charge >= 0.3 is 11.7 Å². The molecule has 0 saturated carbocycles. The van der Waals surface area contributed by atoms with Crippen molar-refractivity contribution < 1.29 is 19.6 Å². The number of carbonyl (C=O) groups is 2. The number of carboxylic acid groups (broad SMARTS) is 1. The molecule has 1 saturated heterocycles. The van der Waals surface area contributed by atoms with Crippen LogP contribution < -0.4 is 0 Å². The highest BCUT2D eigenvalue weighted by Gasteiger charge is 2.40. The number of rotatable bonds is 6. The summed E-state index contributed by atoms with van der Waals surface area (Å²) < 4.78 is 1.31. The summed E-state index contributed by atoms with van der Waals surface area (Å²) >= 11 is 0. The van der Waals surface area contributed by atoms with Crippen LogP contribution >= 0.6 is 0 Å². The Morgan fingerprint density at radius 2 is 2.13 bits per heavy atom. The third-order valence-electron chi connectivity index (χ3n) is 3.97. The third-order valence-corrected chi connectivity index (χ3v) is 3.97. The second kappa shape index (κ2) is 6.76. The molecule has 0 unspecified atom stereocenters. The number of hydrogen-bond donors (Lipinski definition) is 1. The number of nitrogens with zero attached hydrogens (tertiary/aromatic N) is 4. The van der Waals surface area contributed by atoms with Crippen molar-refractivity contribution in [3.8, 4) is 0 Å². The second-order valence-electron chi connectivity index (χ2n) is 5.46. The van der Waals surface area contributed by atoms with Gasteiger partial charge in [-0.15, -0.1) is 0 Å². The number of likely N-dealkylation sites (tertiary alicyclic amines) is 1. The third kappa shape index (κ3) is 3.03. The fourth-order valence-electron chi connectivity index (χ4n) is 2.94. The molecule has 0 radical (unpaired) electrons. The number of amides is 1. The summed E-state index contributed by atoms with van der Waals surface area (Å²) in [6.45, 7) is 4.20. The van der Waals surface area contributed by atoms with E-state index in [9.17, 15) is 24.8 Å². The van der Waals surface area contributed by atoms with Crippen molar-refractivity contribution in [1.29, 1.82) is 0 Å². The first-order valence-electron chi connectivity index (χ1n) is 7.70. The van der Waals surface area contributed by atoms with Gasteiger partial charge in [-0.3, -0.25) is 19.6 Å². The molecule has 9 heteroatoms. The van der Waals surface area contributed by atoms with Crippen molar-refractivity contribution in [3.63, 3.8) is 0 Å². The van der Waals surface area contributed by atoms with E-state index >= 15 is 0 Å². The Balaban J connectivity index is 2.50. The molecule has 9 nitrogen and oxygen atoms in total. The molecule has 1 aromatic heterocycles. The Hall–Kier alpha value is -2.45. The summed E-state index contributed by atoms with van der Waals surface area (Å²) in [5.74, 6) is -1.71. The Bertz CT molecular complexity index is 639. The SMILES string of the molecule is CCCc1nn(CC)c(C(=O)N2CCC[C@H]2C(=O)O)c1[N+](=O)[O-]. The van der Waals surface area contributed by atoms with Gasteiger partial charge in [0.05, 0.1) is 4.92 Å². The fourth-order valence-corrected chi connectivity index (χ4v) is 2.94. The van der Waals surface area contributed by atoms with Gasteiger partial charge in [-0.05, 0) is 26.2 Å². The zero-order chi connectivity index (χ0) is 17.1. The topological polar surface area (TPSA) is 119 Å². The summed E-state index contributed by atoms with van der Waals surface area (Å²) in [5, 5.41) is 24.9. The van der Waals surface area contributed by atoms with Crippen LogP contribution in [0.2, 0.25) is 0 Å². The Morgan fingerprint density at radius 1 is 1.43 bits per heavy atom. The predicted octanol–water partition coefficient (Wildman–Crippen LogP) is 1.45. The number of nitro groups is 1.